The van der Waals surface area contributed by atoms with Gasteiger partial charge in [-0.3, -0.25) is 0 Å². The van der Waals surface area contributed by atoms with E-state index in [1.807, 2.05) is 30.3 Å². The van der Waals surface area contributed by atoms with Gasteiger partial charge < -0.3 is 10.1 Å². The van der Waals surface area contributed by atoms with Gasteiger partial charge in [0.25, 0.3) is 0 Å². The van der Waals surface area contributed by atoms with Gasteiger partial charge in [-0.25, -0.2) is 0 Å². The van der Waals surface area contributed by atoms with E-state index in [1.54, 1.807) is 0 Å². The standard InChI is InChI=1S/C18H22ClNO/c1-18(2,3)20-12-14-8-4-5-9-15(14)13-21-17-11-7-6-10-16(17)19/h4-11,20H,12-13H2,1-3H3. The molecular formula is C18H22ClNO. The molecule has 0 saturated carbocycles. The first-order valence-electron chi connectivity index (χ1n) is 7.15. The van der Waals surface area contributed by atoms with Crippen LogP contribution in [-0.2, 0) is 13.2 Å². The summed E-state index contributed by atoms with van der Waals surface area (Å²) in [5.41, 5.74) is 2.52. The third-order valence-electron chi connectivity index (χ3n) is 3.15. The highest BCUT2D eigenvalue weighted by atomic mass is 35.5. The lowest BCUT2D eigenvalue weighted by Crippen LogP contribution is -2.35. The molecule has 0 aliphatic heterocycles. The second-order valence-corrected chi connectivity index (χ2v) is 6.50. The second-order valence-electron chi connectivity index (χ2n) is 6.09. The first-order chi connectivity index (χ1) is 9.96. The van der Waals surface area contributed by atoms with E-state index in [9.17, 15) is 0 Å². The maximum absolute atomic E-state index is 6.11. The highest BCUT2D eigenvalue weighted by molar-refractivity contribution is 6.32. The van der Waals surface area contributed by atoms with Crippen molar-refractivity contribution in [1.82, 2.24) is 5.32 Å². The van der Waals surface area contributed by atoms with Crippen LogP contribution in [0.2, 0.25) is 5.02 Å². The van der Waals surface area contributed by atoms with Gasteiger partial charge >= 0.3 is 0 Å². The largest absolute Gasteiger partial charge is 0.487 e. The minimum Gasteiger partial charge on any atom is -0.487 e. The molecule has 2 nitrogen and oxygen atoms in total. The van der Waals surface area contributed by atoms with Gasteiger partial charge in [0.2, 0.25) is 0 Å². The smallest absolute Gasteiger partial charge is 0.138 e. The van der Waals surface area contributed by atoms with Crippen molar-refractivity contribution in [2.45, 2.75) is 39.5 Å². The summed E-state index contributed by atoms with van der Waals surface area (Å²) >= 11 is 6.11. The number of nitrogens with one attached hydrogen (secondary N) is 1. The van der Waals surface area contributed by atoms with Gasteiger partial charge in [0.15, 0.2) is 0 Å². The summed E-state index contributed by atoms with van der Waals surface area (Å²) in [6.45, 7) is 7.83. The van der Waals surface area contributed by atoms with E-state index in [4.69, 9.17) is 16.3 Å². The van der Waals surface area contributed by atoms with Gasteiger partial charge in [0, 0.05) is 12.1 Å². The number of para-hydroxylation sites is 1. The molecule has 3 heteroatoms. The maximum Gasteiger partial charge on any atom is 0.138 e. The second kappa shape index (κ2) is 6.97. The summed E-state index contributed by atoms with van der Waals surface area (Å²) in [6.07, 6.45) is 0. The van der Waals surface area contributed by atoms with E-state index in [0.29, 0.717) is 11.6 Å². The fraction of sp³-hybridized carbons (Fsp3) is 0.333. The number of rotatable bonds is 5. The van der Waals surface area contributed by atoms with Crippen LogP contribution < -0.4 is 10.1 Å². The van der Waals surface area contributed by atoms with Crippen LogP contribution in [0.1, 0.15) is 31.9 Å². The summed E-state index contributed by atoms with van der Waals surface area (Å²) in [7, 11) is 0. The SMILES string of the molecule is CC(C)(C)NCc1ccccc1COc1ccccc1Cl. The predicted octanol–water partition coefficient (Wildman–Crippen LogP) is 4.81. The first kappa shape index (κ1) is 15.9. The summed E-state index contributed by atoms with van der Waals surface area (Å²) in [5.74, 6) is 0.720. The molecule has 0 atom stereocenters. The van der Waals surface area contributed by atoms with Crippen LogP contribution in [0.5, 0.6) is 5.75 Å². The summed E-state index contributed by atoms with van der Waals surface area (Å²) < 4.78 is 5.84. The van der Waals surface area contributed by atoms with Crippen molar-refractivity contribution >= 4 is 11.6 Å². The summed E-state index contributed by atoms with van der Waals surface area (Å²) in [5, 5.41) is 4.15. The van der Waals surface area contributed by atoms with Gasteiger partial charge in [-0.1, -0.05) is 48.0 Å². The molecule has 112 valence electrons. The Morgan fingerprint density at radius 2 is 1.57 bits per heavy atom. The Bertz CT molecular complexity index is 590. The van der Waals surface area contributed by atoms with E-state index in [1.165, 1.54) is 11.1 Å². The maximum atomic E-state index is 6.11. The van der Waals surface area contributed by atoms with E-state index in [-0.39, 0.29) is 5.54 Å². The lowest BCUT2D eigenvalue weighted by atomic mass is 10.1. The van der Waals surface area contributed by atoms with Crippen molar-refractivity contribution in [2.24, 2.45) is 0 Å². The quantitative estimate of drug-likeness (QED) is 0.856. The van der Waals surface area contributed by atoms with E-state index in [0.717, 1.165) is 12.3 Å². The molecule has 0 amide bonds. The van der Waals surface area contributed by atoms with Crippen LogP contribution in [0.15, 0.2) is 48.5 Å². The van der Waals surface area contributed by atoms with Gasteiger partial charge in [0.05, 0.1) is 5.02 Å². The zero-order valence-corrected chi connectivity index (χ0v) is 13.6. The zero-order chi connectivity index (χ0) is 15.3. The minimum absolute atomic E-state index is 0.0940. The molecule has 0 heterocycles. The normalized spacial score (nSPS) is 11.4. The van der Waals surface area contributed by atoms with Gasteiger partial charge in [0.1, 0.15) is 12.4 Å². The molecule has 0 radical (unpaired) electrons. The number of hydrogen-bond donors (Lipinski definition) is 1. The molecule has 21 heavy (non-hydrogen) atoms. The molecule has 0 spiro atoms. The monoisotopic (exact) mass is 303 g/mol. The number of ether oxygens (including phenoxy) is 1. The molecule has 0 aromatic heterocycles. The third-order valence-corrected chi connectivity index (χ3v) is 3.46. The van der Waals surface area contributed by atoms with Gasteiger partial charge in [-0.15, -0.1) is 0 Å². The molecule has 0 bridgehead atoms. The van der Waals surface area contributed by atoms with Crippen LogP contribution >= 0.6 is 11.6 Å². The van der Waals surface area contributed by atoms with Crippen LogP contribution in [0.3, 0.4) is 0 Å². The topological polar surface area (TPSA) is 21.3 Å². The summed E-state index contributed by atoms with van der Waals surface area (Å²) in [4.78, 5) is 0. The fourth-order valence-electron chi connectivity index (χ4n) is 1.95. The minimum atomic E-state index is 0.0940. The predicted molar refractivity (Wildman–Crippen MR) is 88.8 cm³/mol. The van der Waals surface area contributed by atoms with Crippen molar-refractivity contribution < 1.29 is 4.74 Å². The molecule has 2 aromatic carbocycles. The Labute approximate surface area is 132 Å². The average molecular weight is 304 g/mol. The molecule has 0 aliphatic rings. The van der Waals surface area contributed by atoms with Crippen molar-refractivity contribution in [3.63, 3.8) is 0 Å². The zero-order valence-electron chi connectivity index (χ0n) is 12.8. The molecule has 0 saturated heterocycles. The van der Waals surface area contributed by atoms with Crippen molar-refractivity contribution in [3.8, 4) is 5.75 Å². The van der Waals surface area contributed by atoms with Crippen molar-refractivity contribution in [1.29, 1.82) is 0 Å². The van der Waals surface area contributed by atoms with E-state index >= 15 is 0 Å². The molecule has 2 rings (SSSR count). The molecule has 0 fully saturated rings. The number of halogens is 1. The molecule has 2 aromatic rings. The third kappa shape index (κ3) is 5.07. The Morgan fingerprint density at radius 3 is 2.24 bits per heavy atom. The first-order valence-corrected chi connectivity index (χ1v) is 7.53. The lowest BCUT2D eigenvalue weighted by molar-refractivity contribution is 0.304. The van der Waals surface area contributed by atoms with Crippen molar-refractivity contribution in [2.75, 3.05) is 0 Å². The number of benzene rings is 2. The highest BCUT2D eigenvalue weighted by Gasteiger charge is 2.10. The highest BCUT2D eigenvalue weighted by Crippen LogP contribution is 2.24. The van der Waals surface area contributed by atoms with Crippen molar-refractivity contribution in [3.05, 3.63) is 64.7 Å². The fourth-order valence-corrected chi connectivity index (χ4v) is 2.14. The molecule has 0 aliphatic carbocycles. The van der Waals surface area contributed by atoms with Crippen LogP contribution in [-0.4, -0.2) is 5.54 Å². The summed E-state index contributed by atoms with van der Waals surface area (Å²) in [6, 6.07) is 15.9. The van der Waals surface area contributed by atoms with E-state index < -0.39 is 0 Å². The van der Waals surface area contributed by atoms with Gasteiger partial charge in [-0.2, -0.15) is 0 Å². The molecule has 1 N–H and O–H groups in total. The lowest BCUT2D eigenvalue weighted by Gasteiger charge is -2.21. The number of hydrogen-bond acceptors (Lipinski definition) is 2. The van der Waals surface area contributed by atoms with Crippen LogP contribution in [0, 0.1) is 0 Å². The molecular weight excluding hydrogens is 282 g/mol. The average Bonchev–Trinajstić information content (AvgIpc) is 2.44. The van der Waals surface area contributed by atoms with E-state index in [2.05, 4.69) is 44.3 Å². The molecule has 0 unspecified atom stereocenters. The Morgan fingerprint density at radius 1 is 0.952 bits per heavy atom. The van der Waals surface area contributed by atoms with Gasteiger partial charge in [-0.05, 0) is 44.0 Å². The van der Waals surface area contributed by atoms with Crippen LogP contribution in [0.25, 0.3) is 0 Å². The Hall–Kier alpha value is -1.51. The van der Waals surface area contributed by atoms with Crippen LogP contribution in [0.4, 0.5) is 0 Å². The Balaban J connectivity index is 2.05. The Kier molecular flexibility index (Phi) is 5.27.